The molecule has 0 saturated carbocycles. The summed E-state index contributed by atoms with van der Waals surface area (Å²) in [5.41, 5.74) is 5.38. The van der Waals surface area contributed by atoms with Gasteiger partial charge in [-0.1, -0.05) is 11.3 Å². The van der Waals surface area contributed by atoms with Crippen molar-refractivity contribution in [2.75, 3.05) is 18.2 Å². The first-order valence-corrected chi connectivity index (χ1v) is 6.05. The standard InChI is InChI=1S/C10H9N5O4S/c1-19-7-3-2-5(15(17)18)4-6(7)12-8(16)9-13-14-10(11)20-9/h2-4H,1H3,(H2,11,14)(H,12,16). The van der Waals surface area contributed by atoms with Crippen LogP contribution >= 0.6 is 11.3 Å². The summed E-state index contributed by atoms with van der Waals surface area (Å²) in [6.07, 6.45) is 0. The molecule has 1 aromatic carbocycles. The van der Waals surface area contributed by atoms with E-state index in [0.29, 0.717) is 5.75 Å². The highest BCUT2D eigenvalue weighted by Gasteiger charge is 2.17. The summed E-state index contributed by atoms with van der Waals surface area (Å²) in [6, 6.07) is 3.86. The molecule has 1 amide bonds. The number of anilines is 2. The quantitative estimate of drug-likeness (QED) is 0.641. The van der Waals surface area contributed by atoms with E-state index in [1.165, 1.54) is 25.3 Å². The molecule has 10 heteroatoms. The second kappa shape index (κ2) is 5.48. The van der Waals surface area contributed by atoms with Gasteiger partial charge in [-0.3, -0.25) is 14.9 Å². The molecule has 104 valence electrons. The van der Waals surface area contributed by atoms with Crippen molar-refractivity contribution in [3.63, 3.8) is 0 Å². The Bertz CT molecular complexity index is 671. The van der Waals surface area contributed by atoms with Gasteiger partial charge in [0.2, 0.25) is 10.1 Å². The molecule has 0 aliphatic carbocycles. The van der Waals surface area contributed by atoms with Crippen molar-refractivity contribution in [1.82, 2.24) is 10.2 Å². The zero-order valence-corrected chi connectivity index (χ0v) is 11.0. The lowest BCUT2D eigenvalue weighted by Crippen LogP contribution is -2.12. The van der Waals surface area contributed by atoms with Crippen LogP contribution in [0.5, 0.6) is 5.75 Å². The molecule has 0 atom stereocenters. The lowest BCUT2D eigenvalue weighted by molar-refractivity contribution is -0.384. The van der Waals surface area contributed by atoms with Gasteiger partial charge in [0.15, 0.2) is 0 Å². The molecule has 1 heterocycles. The van der Waals surface area contributed by atoms with Crippen molar-refractivity contribution in [3.05, 3.63) is 33.3 Å². The smallest absolute Gasteiger partial charge is 0.286 e. The van der Waals surface area contributed by atoms with Crippen molar-refractivity contribution in [1.29, 1.82) is 0 Å². The number of nitro groups is 1. The largest absolute Gasteiger partial charge is 0.495 e. The number of amides is 1. The lowest BCUT2D eigenvalue weighted by atomic mass is 10.2. The summed E-state index contributed by atoms with van der Waals surface area (Å²) in [5, 5.41) is 20.5. The van der Waals surface area contributed by atoms with Gasteiger partial charge >= 0.3 is 0 Å². The Hall–Kier alpha value is -2.75. The van der Waals surface area contributed by atoms with Gasteiger partial charge < -0.3 is 15.8 Å². The van der Waals surface area contributed by atoms with Crippen LogP contribution < -0.4 is 15.8 Å². The molecule has 2 aromatic rings. The van der Waals surface area contributed by atoms with E-state index < -0.39 is 10.8 Å². The molecular formula is C10H9N5O4S. The summed E-state index contributed by atoms with van der Waals surface area (Å²) in [4.78, 5) is 22.0. The topological polar surface area (TPSA) is 133 Å². The van der Waals surface area contributed by atoms with E-state index in [1.807, 2.05) is 0 Å². The number of aromatic nitrogens is 2. The van der Waals surface area contributed by atoms with Crippen LogP contribution in [0.1, 0.15) is 9.80 Å². The molecule has 0 saturated heterocycles. The van der Waals surface area contributed by atoms with Crippen molar-refractivity contribution >= 4 is 33.8 Å². The van der Waals surface area contributed by atoms with Crippen LogP contribution in [0, 0.1) is 10.1 Å². The van der Waals surface area contributed by atoms with Crippen LogP contribution in [0.25, 0.3) is 0 Å². The number of ether oxygens (including phenoxy) is 1. The molecule has 0 fully saturated rings. The number of nitro benzene ring substituents is 1. The SMILES string of the molecule is COc1ccc([N+](=O)[O-])cc1NC(=O)c1nnc(N)s1. The zero-order chi connectivity index (χ0) is 14.7. The third-order valence-electron chi connectivity index (χ3n) is 2.28. The minimum Gasteiger partial charge on any atom is -0.495 e. The molecule has 2 rings (SSSR count). The first kappa shape index (κ1) is 13.7. The number of nitrogens with one attached hydrogen (secondary N) is 1. The normalized spacial score (nSPS) is 10.1. The van der Waals surface area contributed by atoms with E-state index in [4.69, 9.17) is 10.5 Å². The molecule has 3 N–H and O–H groups in total. The van der Waals surface area contributed by atoms with Crippen molar-refractivity contribution in [3.8, 4) is 5.75 Å². The number of benzene rings is 1. The Labute approximate surface area is 116 Å². The number of nitrogens with two attached hydrogens (primary N) is 1. The predicted octanol–water partition coefficient (Wildman–Crippen LogP) is 1.29. The number of carbonyl (C=O) groups is 1. The van der Waals surface area contributed by atoms with Gasteiger partial charge in [0, 0.05) is 12.1 Å². The average molecular weight is 295 g/mol. The van der Waals surface area contributed by atoms with E-state index in [1.54, 1.807) is 0 Å². The number of rotatable bonds is 4. The Balaban J connectivity index is 2.29. The van der Waals surface area contributed by atoms with Crippen LogP contribution in [0.2, 0.25) is 0 Å². The van der Waals surface area contributed by atoms with Gasteiger partial charge in [0.05, 0.1) is 17.7 Å². The maximum absolute atomic E-state index is 11.9. The van der Waals surface area contributed by atoms with Crippen LogP contribution in [0.3, 0.4) is 0 Å². The van der Waals surface area contributed by atoms with Crippen molar-refractivity contribution in [2.45, 2.75) is 0 Å². The highest BCUT2D eigenvalue weighted by Crippen LogP contribution is 2.29. The van der Waals surface area contributed by atoms with E-state index in [9.17, 15) is 14.9 Å². The Morgan fingerprint density at radius 1 is 1.50 bits per heavy atom. The maximum atomic E-state index is 11.9. The molecule has 0 aliphatic heterocycles. The molecule has 0 spiro atoms. The van der Waals surface area contributed by atoms with Gasteiger partial charge in [0.25, 0.3) is 11.6 Å². The van der Waals surface area contributed by atoms with Crippen LogP contribution in [-0.2, 0) is 0 Å². The Kier molecular flexibility index (Phi) is 3.75. The van der Waals surface area contributed by atoms with Gasteiger partial charge in [-0.25, -0.2) is 0 Å². The highest BCUT2D eigenvalue weighted by atomic mass is 32.1. The third-order valence-corrected chi connectivity index (χ3v) is 3.03. The average Bonchev–Trinajstić information content (AvgIpc) is 2.85. The number of hydrogen-bond acceptors (Lipinski definition) is 8. The predicted molar refractivity (Wildman–Crippen MR) is 71.9 cm³/mol. The lowest BCUT2D eigenvalue weighted by Gasteiger charge is -2.08. The van der Waals surface area contributed by atoms with E-state index >= 15 is 0 Å². The number of methoxy groups -OCH3 is 1. The van der Waals surface area contributed by atoms with Crippen molar-refractivity contribution < 1.29 is 14.5 Å². The number of nitrogens with zero attached hydrogens (tertiary/aromatic N) is 3. The van der Waals surface area contributed by atoms with E-state index in [0.717, 1.165) is 11.3 Å². The Morgan fingerprint density at radius 2 is 2.25 bits per heavy atom. The summed E-state index contributed by atoms with van der Waals surface area (Å²) < 4.78 is 5.03. The van der Waals surface area contributed by atoms with Crippen LogP contribution in [0.15, 0.2) is 18.2 Å². The highest BCUT2D eigenvalue weighted by molar-refractivity contribution is 7.16. The van der Waals surface area contributed by atoms with E-state index in [2.05, 4.69) is 15.5 Å². The monoisotopic (exact) mass is 295 g/mol. The maximum Gasteiger partial charge on any atom is 0.286 e. The third kappa shape index (κ3) is 2.80. The van der Waals surface area contributed by atoms with Gasteiger partial charge in [0.1, 0.15) is 5.75 Å². The summed E-state index contributed by atoms with van der Waals surface area (Å²) >= 11 is 0.908. The van der Waals surface area contributed by atoms with Gasteiger partial charge in [-0.2, -0.15) is 0 Å². The minimum atomic E-state index is -0.571. The molecular weight excluding hydrogens is 286 g/mol. The minimum absolute atomic E-state index is 0.0519. The second-order valence-electron chi connectivity index (χ2n) is 3.54. The molecule has 9 nitrogen and oxygen atoms in total. The number of nitrogen functional groups attached to an aromatic ring is 1. The Morgan fingerprint density at radius 3 is 2.80 bits per heavy atom. The summed E-state index contributed by atoms with van der Waals surface area (Å²) in [6.45, 7) is 0. The second-order valence-corrected chi connectivity index (χ2v) is 4.55. The fourth-order valence-electron chi connectivity index (χ4n) is 1.41. The molecule has 1 aromatic heterocycles. The van der Waals surface area contributed by atoms with Gasteiger partial charge in [-0.05, 0) is 6.07 Å². The number of carbonyl (C=O) groups excluding carboxylic acids is 1. The first-order valence-electron chi connectivity index (χ1n) is 5.24. The first-order chi connectivity index (χ1) is 9.51. The van der Waals surface area contributed by atoms with E-state index in [-0.39, 0.29) is 21.5 Å². The molecule has 0 radical (unpaired) electrons. The zero-order valence-electron chi connectivity index (χ0n) is 10.2. The molecule has 0 aliphatic rings. The van der Waals surface area contributed by atoms with Crippen LogP contribution in [-0.4, -0.2) is 28.1 Å². The fourth-order valence-corrected chi connectivity index (χ4v) is 1.91. The summed E-state index contributed by atoms with van der Waals surface area (Å²) in [7, 11) is 1.39. The molecule has 20 heavy (non-hydrogen) atoms. The van der Waals surface area contributed by atoms with Crippen molar-refractivity contribution in [2.24, 2.45) is 0 Å². The fraction of sp³-hybridized carbons (Fsp3) is 0.100. The molecule has 0 bridgehead atoms. The van der Waals surface area contributed by atoms with Crippen LogP contribution in [0.4, 0.5) is 16.5 Å². The number of non-ortho nitro benzene ring substituents is 1. The van der Waals surface area contributed by atoms with Gasteiger partial charge in [-0.15, -0.1) is 10.2 Å². The summed E-state index contributed by atoms with van der Waals surface area (Å²) in [5.74, 6) is -0.278. The number of hydrogen-bond donors (Lipinski definition) is 2. The molecule has 0 unspecified atom stereocenters.